The Morgan fingerprint density at radius 3 is 2.43 bits per heavy atom. The van der Waals surface area contributed by atoms with Gasteiger partial charge in [0.2, 0.25) is 0 Å². The van der Waals surface area contributed by atoms with Gasteiger partial charge in [0, 0.05) is 0 Å². The fraction of sp³-hybridized carbons (Fsp3) is 0.375. The molecule has 78 valence electrons. The molecule has 0 aliphatic heterocycles. The van der Waals surface area contributed by atoms with E-state index in [1.165, 1.54) is 0 Å². The molecule has 1 heterocycles. The molecule has 3 nitrogen and oxygen atoms in total. The average Bonchev–Trinajstić information content (AvgIpc) is 2.52. The van der Waals surface area contributed by atoms with Gasteiger partial charge in [-0.1, -0.05) is 0 Å². The molecule has 1 unspecified atom stereocenters. The Morgan fingerprint density at radius 1 is 1.50 bits per heavy atom. The normalized spacial score (nSPS) is 16.4. The van der Waals surface area contributed by atoms with Crippen molar-refractivity contribution in [2.24, 2.45) is 5.73 Å². The Bertz CT molecular complexity index is 327. The largest absolute Gasteiger partial charge is 0.472 e. The van der Waals surface area contributed by atoms with Gasteiger partial charge in [0.05, 0.1) is 11.8 Å². The summed E-state index contributed by atoms with van der Waals surface area (Å²) in [5.41, 5.74) is 1.85. The maximum Gasteiger partial charge on any atom is 0.413 e. The summed E-state index contributed by atoms with van der Waals surface area (Å²) in [6.45, 7) is 0.627. The standard InChI is InChI=1S/C8H8F3NO2/c1-7(12,8(9,10)11)6(13)5-2-3-14-4-5/h2-4H,12H2,1H3. The van der Waals surface area contributed by atoms with Crippen LogP contribution < -0.4 is 5.73 Å². The van der Waals surface area contributed by atoms with Gasteiger partial charge in [0.15, 0.2) is 11.3 Å². The number of furan rings is 1. The molecular weight excluding hydrogens is 199 g/mol. The molecule has 6 heteroatoms. The highest BCUT2D eigenvalue weighted by Gasteiger charge is 2.54. The first-order valence-corrected chi connectivity index (χ1v) is 3.69. The summed E-state index contributed by atoms with van der Waals surface area (Å²) in [5, 5.41) is 0. The molecule has 0 spiro atoms. The number of Topliss-reactive ketones (excluding diaryl/α,β-unsaturated/α-hetero) is 1. The van der Waals surface area contributed by atoms with Gasteiger partial charge in [-0.2, -0.15) is 13.2 Å². The number of alkyl halides is 3. The van der Waals surface area contributed by atoms with E-state index in [1.807, 2.05) is 0 Å². The van der Waals surface area contributed by atoms with Crippen molar-refractivity contribution in [3.63, 3.8) is 0 Å². The summed E-state index contributed by atoms with van der Waals surface area (Å²) in [6, 6.07) is 1.14. The monoisotopic (exact) mass is 207 g/mol. The van der Waals surface area contributed by atoms with Crippen LogP contribution in [0.3, 0.4) is 0 Å². The lowest BCUT2D eigenvalue weighted by molar-refractivity contribution is -0.165. The lowest BCUT2D eigenvalue weighted by atomic mass is 9.93. The second-order valence-electron chi connectivity index (χ2n) is 3.04. The summed E-state index contributed by atoms with van der Waals surface area (Å²) < 4.78 is 41.4. The molecular formula is C8H8F3NO2. The first kappa shape index (κ1) is 10.8. The Labute approximate surface area is 77.7 Å². The smallest absolute Gasteiger partial charge is 0.413 e. The first-order chi connectivity index (χ1) is 6.27. The molecule has 0 aromatic carbocycles. The summed E-state index contributed by atoms with van der Waals surface area (Å²) in [7, 11) is 0. The Morgan fingerprint density at radius 2 is 2.07 bits per heavy atom. The first-order valence-electron chi connectivity index (χ1n) is 3.69. The van der Waals surface area contributed by atoms with Gasteiger partial charge in [0.1, 0.15) is 6.26 Å². The van der Waals surface area contributed by atoms with Crippen molar-refractivity contribution in [2.45, 2.75) is 18.6 Å². The van der Waals surface area contributed by atoms with Crippen molar-refractivity contribution in [3.8, 4) is 0 Å². The van der Waals surface area contributed by atoms with Crippen molar-refractivity contribution in [3.05, 3.63) is 24.2 Å². The van der Waals surface area contributed by atoms with E-state index in [0.717, 1.165) is 18.6 Å². The van der Waals surface area contributed by atoms with Crippen LogP contribution in [-0.4, -0.2) is 17.5 Å². The molecule has 0 aliphatic carbocycles. The van der Waals surface area contributed by atoms with Crippen LogP contribution in [0.5, 0.6) is 0 Å². The SMILES string of the molecule is CC(N)(C(=O)c1ccoc1)C(F)(F)F. The quantitative estimate of drug-likeness (QED) is 0.751. The molecule has 1 rings (SSSR count). The van der Waals surface area contributed by atoms with Crippen LogP contribution in [0.2, 0.25) is 0 Å². The van der Waals surface area contributed by atoms with Gasteiger partial charge in [-0.25, -0.2) is 0 Å². The summed E-state index contributed by atoms with van der Waals surface area (Å²) in [4.78, 5) is 11.3. The Kier molecular flexibility index (Phi) is 2.41. The number of carbonyl (C=O) groups is 1. The molecule has 1 aromatic rings. The minimum absolute atomic E-state index is 0.188. The van der Waals surface area contributed by atoms with E-state index in [9.17, 15) is 18.0 Å². The fourth-order valence-corrected chi connectivity index (χ4v) is 0.822. The van der Waals surface area contributed by atoms with E-state index < -0.39 is 17.5 Å². The fourth-order valence-electron chi connectivity index (χ4n) is 0.822. The summed E-state index contributed by atoms with van der Waals surface area (Å²) in [5.74, 6) is -1.21. The number of halogens is 3. The van der Waals surface area contributed by atoms with Crippen molar-refractivity contribution >= 4 is 5.78 Å². The zero-order valence-corrected chi connectivity index (χ0v) is 7.26. The zero-order valence-electron chi connectivity index (χ0n) is 7.26. The van der Waals surface area contributed by atoms with Crippen LogP contribution in [0.15, 0.2) is 23.0 Å². The van der Waals surface area contributed by atoms with E-state index >= 15 is 0 Å². The molecule has 0 aliphatic rings. The van der Waals surface area contributed by atoms with E-state index in [1.54, 1.807) is 0 Å². The van der Waals surface area contributed by atoms with Crippen LogP contribution in [0.4, 0.5) is 13.2 Å². The van der Waals surface area contributed by atoms with Crippen LogP contribution in [-0.2, 0) is 0 Å². The molecule has 0 bridgehead atoms. The van der Waals surface area contributed by atoms with Crippen molar-refractivity contribution in [1.82, 2.24) is 0 Å². The summed E-state index contributed by atoms with van der Waals surface area (Å²) in [6.07, 6.45) is -2.74. The van der Waals surface area contributed by atoms with Gasteiger partial charge in [-0.15, -0.1) is 0 Å². The predicted octanol–water partition coefficient (Wildman–Crippen LogP) is 1.74. The highest BCUT2D eigenvalue weighted by atomic mass is 19.4. The third kappa shape index (κ3) is 1.65. The van der Waals surface area contributed by atoms with E-state index in [-0.39, 0.29) is 5.56 Å². The number of nitrogens with two attached hydrogens (primary N) is 1. The van der Waals surface area contributed by atoms with Crippen LogP contribution in [0.25, 0.3) is 0 Å². The molecule has 14 heavy (non-hydrogen) atoms. The third-order valence-corrected chi connectivity index (χ3v) is 1.84. The number of ketones is 1. The molecule has 1 aromatic heterocycles. The Hall–Kier alpha value is -1.30. The lowest BCUT2D eigenvalue weighted by Gasteiger charge is -2.25. The molecule has 0 saturated carbocycles. The van der Waals surface area contributed by atoms with Gasteiger partial charge in [0.25, 0.3) is 0 Å². The van der Waals surface area contributed by atoms with Crippen LogP contribution >= 0.6 is 0 Å². The van der Waals surface area contributed by atoms with Crippen molar-refractivity contribution in [2.75, 3.05) is 0 Å². The molecule has 1 atom stereocenters. The van der Waals surface area contributed by atoms with E-state index in [0.29, 0.717) is 6.92 Å². The molecule has 0 saturated heterocycles. The van der Waals surface area contributed by atoms with Gasteiger partial charge >= 0.3 is 6.18 Å². The third-order valence-electron chi connectivity index (χ3n) is 1.84. The van der Waals surface area contributed by atoms with Crippen LogP contribution in [0, 0.1) is 0 Å². The molecule has 0 radical (unpaired) electrons. The molecule has 0 amide bonds. The lowest BCUT2D eigenvalue weighted by Crippen LogP contribution is -2.56. The second-order valence-corrected chi connectivity index (χ2v) is 3.04. The maximum atomic E-state index is 12.3. The van der Waals surface area contributed by atoms with Crippen LogP contribution in [0.1, 0.15) is 17.3 Å². The Balaban J connectivity index is 3.01. The average molecular weight is 207 g/mol. The number of rotatable bonds is 2. The number of hydrogen-bond acceptors (Lipinski definition) is 3. The molecule has 0 fully saturated rings. The van der Waals surface area contributed by atoms with Gasteiger partial charge in [-0.3, -0.25) is 4.79 Å². The number of carbonyl (C=O) groups excluding carboxylic acids is 1. The second kappa shape index (κ2) is 3.13. The minimum atomic E-state index is -4.78. The van der Waals surface area contributed by atoms with Gasteiger partial charge < -0.3 is 10.2 Å². The van der Waals surface area contributed by atoms with Gasteiger partial charge in [-0.05, 0) is 13.0 Å². The topological polar surface area (TPSA) is 56.2 Å². The highest BCUT2D eigenvalue weighted by Crippen LogP contribution is 2.30. The van der Waals surface area contributed by atoms with Crippen molar-refractivity contribution < 1.29 is 22.4 Å². The van der Waals surface area contributed by atoms with E-state index in [2.05, 4.69) is 4.42 Å². The highest BCUT2D eigenvalue weighted by molar-refractivity contribution is 6.03. The minimum Gasteiger partial charge on any atom is -0.472 e. The molecule has 2 N–H and O–H groups in total. The maximum absolute atomic E-state index is 12.3. The van der Waals surface area contributed by atoms with Crippen molar-refractivity contribution in [1.29, 1.82) is 0 Å². The summed E-state index contributed by atoms with van der Waals surface area (Å²) >= 11 is 0. The zero-order chi connectivity index (χ0) is 11.0. The number of hydrogen-bond donors (Lipinski definition) is 1. The predicted molar refractivity (Wildman–Crippen MR) is 41.7 cm³/mol. The van der Waals surface area contributed by atoms with E-state index in [4.69, 9.17) is 5.73 Å².